The Bertz CT molecular complexity index is 1050. The van der Waals surface area contributed by atoms with Crippen molar-refractivity contribution in [3.05, 3.63) is 96.9 Å². The van der Waals surface area contributed by atoms with Crippen LogP contribution in [0.25, 0.3) is 0 Å². The highest BCUT2D eigenvalue weighted by atomic mass is 28.4. The Hall–Kier alpha value is -3.00. The number of aliphatic hydroxyl groups excluding tert-OH is 1. The number of aliphatic hydroxyl groups is 1. The van der Waals surface area contributed by atoms with E-state index in [9.17, 15) is 5.11 Å². The molecular formula is C24H26N2O4Si. The standard InChI is InChI=1S/C24H26N2O4Si/c1-24(2,3)31(19-10-6-4-7-11-19,20-12-8-5-9-13-20)30-16-18-15-28-23(26-18)22(27)21-14-25-17-29-21/h4-15,17,22,27H,16H2,1-3H3. The van der Waals surface area contributed by atoms with Gasteiger partial charge in [-0.2, -0.15) is 0 Å². The van der Waals surface area contributed by atoms with Gasteiger partial charge in [-0.25, -0.2) is 9.97 Å². The van der Waals surface area contributed by atoms with E-state index in [4.69, 9.17) is 13.3 Å². The van der Waals surface area contributed by atoms with E-state index in [-0.39, 0.29) is 23.3 Å². The third-order valence-electron chi connectivity index (χ3n) is 5.38. The number of benzene rings is 2. The van der Waals surface area contributed by atoms with Crippen LogP contribution in [0, 0.1) is 0 Å². The largest absolute Gasteiger partial charge is 0.445 e. The average Bonchev–Trinajstić information content (AvgIpc) is 3.47. The van der Waals surface area contributed by atoms with Crippen molar-refractivity contribution in [1.29, 1.82) is 0 Å². The van der Waals surface area contributed by atoms with Crippen LogP contribution in [0.3, 0.4) is 0 Å². The second-order valence-corrected chi connectivity index (χ2v) is 12.7. The lowest BCUT2D eigenvalue weighted by molar-refractivity contribution is 0.156. The molecule has 31 heavy (non-hydrogen) atoms. The minimum absolute atomic E-state index is 0.137. The second kappa shape index (κ2) is 8.62. The van der Waals surface area contributed by atoms with E-state index in [1.165, 1.54) is 29.2 Å². The number of hydrogen-bond acceptors (Lipinski definition) is 6. The zero-order valence-corrected chi connectivity index (χ0v) is 18.9. The third kappa shape index (κ3) is 4.12. The zero-order valence-electron chi connectivity index (χ0n) is 17.9. The number of aromatic nitrogens is 2. The average molecular weight is 435 g/mol. The van der Waals surface area contributed by atoms with Crippen LogP contribution in [-0.2, 0) is 11.0 Å². The Morgan fingerprint density at radius 3 is 2.10 bits per heavy atom. The molecule has 1 N–H and O–H groups in total. The molecule has 0 fully saturated rings. The molecule has 0 radical (unpaired) electrons. The molecule has 7 heteroatoms. The van der Waals surface area contributed by atoms with E-state index < -0.39 is 14.4 Å². The van der Waals surface area contributed by atoms with Crippen molar-refractivity contribution in [2.24, 2.45) is 0 Å². The summed E-state index contributed by atoms with van der Waals surface area (Å²) in [5.41, 5.74) is 0.613. The van der Waals surface area contributed by atoms with Gasteiger partial charge in [-0.05, 0) is 15.4 Å². The van der Waals surface area contributed by atoms with Gasteiger partial charge in [0.2, 0.25) is 5.89 Å². The summed E-state index contributed by atoms with van der Waals surface area (Å²) in [4.78, 5) is 8.25. The van der Waals surface area contributed by atoms with Crippen LogP contribution in [0.2, 0.25) is 5.04 Å². The maximum Gasteiger partial charge on any atom is 0.261 e. The molecule has 4 rings (SSSR count). The van der Waals surface area contributed by atoms with E-state index in [0.29, 0.717) is 5.69 Å². The lowest BCUT2D eigenvalue weighted by Gasteiger charge is -2.42. The molecule has 2 aromatic heterocycles. The topological polar surface area (TPSA) is 81.5 Å². The van der Waals surface area contributed by atoms with Crippen LogP contribution in [0.4, 0.5) is 0 Å². The van der Waals surface area contributed by atoms with Gasteiger partial charge >= 0.3 is 0 Å². The van der Waals surface area contributed by atoms with Gasteiger partial charge in [-0.1, -0.05) is 81.4 Å². The molecule has 0 saturated heterocycles. The number of hydrogen-bond donors (Lipinski definition) is 1. The van der Waals surface area contributed by atoms with Gasteiger partial charge in [0.25, 0.3) is 8.32 Å². The van der Waals surface area contributed by atoms with Crippen LogP contribution in [-0.4, -0.2) is 23.4 Å². The Kier molecular flexibility index (Phi) is 5.91. The molecule has 0 spiro atoms. The van der Waals surface area contributed by atoms with Crippen molar-refractivity contribution < 1.29 is 18.4 Å². The van der Waals surface area contributed by atoms with E-state index in [2.05, 4.69) is 79.3 Å². The van der Waals surface area contributed by atoms with E-state index in [1.54, 1.807) is 0 Å². The highest BCUT2D eigenvalue weighted by molar-refractivity contribution is 6.99. The van der Waals surface area contributed by atoms with Crippen LogP contribution < -0.4 is 10.4 Å². The molecule has 0 aliphatic carbocycles. The molecule has 6 nitrogen and oxygen atoms in total. The van der Waals surface area contributed by atoms with Crippen LogP contribution >= 0.6 is 0 Å². The molecular weight excluding hydrogens is 408 g/mol. The molecule has 2 aromatic carbocycles. The van der Waals surface area contributed by atoms with Gasteiger partial charge in [-0.15, -0.1) is 0 Å². The van der Waals surface area contributed by atoms with Crippen molar-refractivity contribution in [3.8, 4) is 0 Å². The molecule has 0 amide bonds. The highest BCUT2D eigenvalue weighted by Crippen LogP contribution is 2.37. The molecule has 1 unspecified atom stereocenters. The quantitative estimate of drug-likeness (QED) is 0.445. The van der Waals surface area contributed by atoms with Crippen molar-refractivity contribution in [2.75, 3.05) is 0 Å². The summed E-state index contributed by atoms with van der Waals surface area (Å²) in [6, 6.07) is 20.8. The summed E-state index contributed by atoms with van der Waals surface area (Å²) in [6.07, 6.45) is 3.11. The predicted molar refractivity (Wildman–Crippen MR) is 119 cm³/mol. The second-order valence-electron chi connectivity index (χ2n) is 8.44. The summed E-state index contributed by atoms with van der Waals surface area (Å²) >= 11 is 0. The number of nitrogens with zero attached hydrogens (tertiary/aromatic N) is 2. The van der Waals surface area contributed by atoms with E-state index in [0.717, 1.165) is 0 Å². The summed E-state index contributed by atoms with van der Waals surface area (Å²) in [7, 11) is -2.68. The Labute approximate surface area is 182 Å². The van der Waals surface area contributed by atoms with Gasteiger partial charge in [0.1, 0.15) is 12.0 Å². The predicted octanol–water partition coefficient (Wildman–Crippen LogP) is 3.82. The molecule has 0 bridgehead atoms. The maximum absolute atomic E-state index is 10.4. The normalized spacial score (nSPS) is 13.3. The SMILES string of the molecule is CC(C)(C)[Si](OCc1coc(C(O)c2cnco2)n1)(c1ccccc1)c1ccccc1. The maximum atomic E-state index is 10.4. The van der Waals surface area contributed by atoms with Gasteiger partial charge in [0, 0.05) is 0 Å². The summed E-state index contributed by atoms with van der Waals surface area (Å²) in [6.45, 7) is 6.93. The van der Waals surface area contributed by atoms with Crippen molar-refractivity contribution in [3.63, 3.8) is 0 Å². The Morgan fingerprint density at radius 1 is 0.968 bits per heavy atom. The molecule has 0 aliphatic rings. The molecule has 0 aliphatic heterocycles. The lowest BCUT2D eigenvalue weighted by Crippen LogP contribution is -2.66. The van der Waals surface area contributed by atoms with E-state index in [1.807, 2.05) is 12.1 Å². The smallest absolute Gasteiger partial charge is 0.261 e. The minimum atomic E-state index is -2.68. The molecule has 4 aromatic rings. The van der Waals surface area contributed by atoms with Crippen molar-refractivity contribution >= 4 is 18.7 Å². The van der Waals surface area contributed by atoms with Crippen molar-refractivity contribution in [1.82, 2.24) is 9.97 Å². The lowest BCUT2D eigenvalue weighted by atomic mass is 10.2. The Morgan fingerprint density at radius 2 is 1.58 bits per heavy atom. The summed E-state index contributed by atoms with van der Waals surface area (Å²) in [5.74, 6) is 0.430. The third-order valence-corrected chi connectivity index (χ3v) is 10.4. The highest BCUT2D eigenvalue weighted by Gasteiger charge is 2.50. The zero-order chi connectivity index (χ0) is 21.9. The van der Waals surface area contributed by atoms with Crippen LogP contribution in [0.15, 0.2) is 88.4 Å². The number of oxazole rings is 2. The van der Waals surface area contributed by atoms with E-state index >= 15 is 0 Å². The van der Waals surface area contributed by atoms with Gasteiger partial charge in [0.05, 0.1) is 12.8 Å². The first-order valence-corrected chi connectivity index (χ1v) is 12.1. The van der Waals surface area contributed by atoms with Crippen molar-refractivity contribution in [2.45, 2.75) is 38.5 Å². The molecule has 160 valence electrons. The fourth-order valence-corrected chi connectivity index (χ4v) is 8.46. The first-order chi connectivity index (χ1) is 14.9. The summed E-state index contributed by atoms with van der Waals surface area (Å²) < 4.78 is 17.5. The van der Waals surface area contributed by atoms with Gasteiger partial charge in [-0.3, -0.25) is 0 Å². The summed E-state index contributed by atoms with van der Waals surface area (Å²) in [5, 5.41) is 12.6. The van der Waals surface area contributed by atoms with Gasteiger partial charge < -0.3 is 18.4 Å². The fraction of sp³-hybridized carbons (Fsp3) is 0.250. The first-order valence-electron chi connectivity index (χ1n) is 10.2. The van der Waals surface area contributed by atoms with Crippen LogP contribution in [0.5, 0.6) is 0 Å². The van der Waals surface area contributed by atoms with Gasteiger partial charge in [0.15, 0.2) is 18.3 Å². The molecule has 1 atom stereocenters. The minimum Gasteiger partial charge on any atom is -0.445 e. The number of rotatable bonds is 7. The Balaban J connectivity index is 1.68. The first kappa shape index (κ1) is 21.2. The molecule has 0 saturated carbocycles. The fourth-order valence-electron chi connectivity index (χ4n) is 3.94. The monoisotopic (exact) mass is 434 g/mol. The van der Waals surface area contributed by atoms with Crippen LogP contribution in [0.1, 0.15) is 44.2 Å². The molecule has 2 heterocycles.